The number of benzene rings is 2. The van der Waals surface area contributed by atoms with E-state index in [-0.39, 0.29) is 11.5 Å². The maximum atomic E-state index is 12.6. The van der Waals surface area contributed by atoms with Crippen LogP contribution >= 0.6 is 0 Å². The largest absolute Gasteiger partial charge is 0.497 e. The Morgan fingerprint density at radius 3 is 2.71 bits per heavy atom. The monoisotopic (exact) mass is 281 g/mol. The van der Waals surface area contributed by atoms with Gasteiger partial charge in [-0.3, -0.25) is 4.79 Å². The van der Waals surface area contributed by atoms with E-state index < -0.39 is 0 Å². The molecule has 0 saturated carbocycles. The van der Waals surface area contributed by atoms with Crippen LogP contribution in [0.5, 0.6) is 5.75 Å². The summed E-state index contributed by atoms with van der Waals surface area (Å²) in [6, 6.07) is 12.5. The van der Waals surface area contributed by atoms with Crippen LogP contribution in [0.25, 0.3) is 11.0 Å². The standard InChI is InChI=1S/C17H15NO3/c1-10-4-3-5-11-8-15(21-17(10)11)16(19)13-9-12(20-2)6-7-14(13)18/h3-9H,18H2,1-2H3. The normalized spacial score (nSPS) is 10.8. The Kier molecular flexibility index (Phi) is 3.14. The molecule has 3 aromatic rings. The van der Waals surface area contributed by atoms with E-state index in [9.17, 15) is 4.79 Å². The average molecular weight is 281 g/mol. The summed E-state index contributed by atoms with van der Waals surface area (Å²) in [5, 5.41) is 0.903. The summed E-state index contributed by atoms with van der Waals surface area (Å²) in [5.41, 5.74) is 8.39. The van der Waals surface area contributed by atoms with Crippen molar-refractivity contribution in [2.45, 2.75) is 6.92 Å². The number of ketones is 1. The topological polar surface area (TPSA) is 65.5 Å². The zero-order valence-electron chi connectivity index (χ0n) is 11.8. The molecule has 2 N–H and O–H groups in total. The molecule has 0 aliphatic heterocycles. The molecular formula is C17H15NO3. The van der Waals surface area contributed by atoms with Crippen LogP contribution in [0.3, 0.4) is 0 Å². The van der Waals surface area contributed by atoms with E-state index in [1.807, 2.05) is 25.1 Å². The molecule has 0 aliphatic carbocycles. The highest BCUT2D eigenvalue weighted by Crippen LogP contribution is 2.27. The molecule has 0 unspecified atom stereocenters. The molecule has 0 amide bonds. The first-order chi connectivity index (χ1) is 10.1. The minimum atomic E-state index is -0.248. The fourth-order valence-corrected chi connectivity index (χ4v) is 2.31. The number of hydrogen-bond acceptors (Lipinski definition) is 4. The molecule has 0 saturated heterocycles. The van der Waals surface area contributed by atoms with Crippen molar-refractivity contribution < 1.29 is 13.9 Å². The number of carbonyl (C=O) groups is 1. The lowest BCUT2D eigenvalue weighted by Gasteiger charge is -2.05. The number of anilines is 1. The number of hydrogen-bond donors (Lipinski definition) is 1. The Bertz CT molecular complexity index is 833. The van der Waals surface area contributed by atoms with Gasteiger partial charge in [0.15, 0.2) is 5.76 Å². The van der Waals surface area contributed by atoms with Crippen LogP contribution in [0.1, 0.15) is 21.7 Å². The van der Waals surface area contributed by atoms with Crippen molar-refractivity contribution in [3.05, 3.63) is 59.4 Å². The predicted molar refractivity (Wildman–Crippen MR) is 81.8 cm³/mol. The molecule has 4 nitrogen and oxygen atoms in total. The molecule has 0 spiro atoms. The van der Waals surface area contributed by atoms with E-state index in [0.717, 1.165) is 16.5 Å². The Labute approximate surface area is 122 Å². The summed E-state index contributed by atoms with van der Waals surface area (Å²) in [6.45, 7) is 1.94. The number of fused-ring (bicyclic) bond motifs is 1. The molecule has 1 aromatic heterocycles. The molecule has 1 heterocycles. The van der Waals surface area contributed by atoms with Gasteiger partial charge in [0, 0.05) is 11.1 Å². The van der Waals surface area contributed by atoms with Crippen LogP contribution < -0.4 is 10.5 Å². The zero-order valence-corrected chi connectivity index (χ0v) is 11.8. The van der Waals surface area contributed by atoms with Crippen LogP contribution in [0.2, 0.25) is 0 Å². The number of carbonyl (C=O) groups excluding carboxylic acids is 1. The number of furan rings is 1. The fourth-order valence-electron chi connectivity index (χ4n) is 2.31. The van der Waals surface area contributed by atoms with Gasteiger partial charge in [-0.15, -0.1) is 0 Å². The van der Waals surface area contributed by atoms with E-state index in [2.05, 4.69) is 0 Å². The van der Waals surface area contributed by atoms with E-state index in [1.165, 1.54) is 0 Å². The van der Waals surface area contributed by atoms with Gasteiger partial charge in [-0.05, 0) is 36.8 Å². The van der Waals surface area contributed by atoms with Gasteiger partial charge in [-0.2, -0.15) is 0 Å². The van der Waals surface area contributed by atoms with Crippen LogP contribution in [-0.4, -0.2) is 12.9 Å². The first-order valence-electron chi connectivity index (χ1n) is 6.57. The number of nitrogen functional groups attached to an aromatic ring is 1. The summed E-state index contributed by atoms with van der Waals surface area (Å²) in [4.78, 5) is 12.6. The van der Waals surface area contributed by atoms with Crippen molar-refractivity contribution in [2.75, 3.05) is 12.8 Å². The van der Waals surface area contributed by atoms with Gasteiger partial charge in [0.25, 0.3) is 0 Å². The van der Waals surface area contributed by atoms with Gasteiger partial charge >= 0.3 is 0 Å². The minimum absolute atomic E-state index is 0.248. The highest BCUT2D eigenvalue weighted by Gasteiger charge is 2.18. The Morgan fingerprint density at radius 1 is 1.19 bits per heavy atom. The molecule has 0 radical (unpaired) electrons. The third-order valence-electron chi connectivity index (χ3n) is 3.47. The van der Waals surface area contributed by atoms with E-state index >= 15 is 0 Å². The number of para-hydroxylation sites is 1. The molecule has 0 atom stereocenters. The highest BCUT2D eigenvalue weighted by molar-refractivity contribution is 6.12. The van der Waals surface area contributed by atoms with E-state index in [0.29, 0.717) is 17.0 Å². The third-order valence-corrected chi connectivity index (χ3v) is 3.47. The minimum Gasteiger partial charge on any atom is -0.497 e. The first kappa shape index (κ1) is 13.2. The second-order valence-electron chi connectivity index (χ2n) is 4.89. The number of rotatable bonds is 3. The molecule has 2 aromatic carbocycles. The Morgan fingerprint density at radius 2 is 2.00 bits per heavy atom. The second kappa shape index (κ2) is 4.98. The van der Waals surface area contributed by atoms with Crippen molar-refractivity contribution in [3.63, 3.8) is 0 Å². The lowest BCUT2D eigenvalue weighted by molar-refractivity contribution is 0.101. The summed E-state index contributed by atoms with van der Waals surface area (Å²) in [7, 11) is 1.55. The number of ether oxygens (including phenoxy) is 1. The van der Waals surface area contributed by atoms with Gasteiger partial charge in [0.1, 0.15) is 11.3 Å². The smallest absolute Gasteiger partial charge is 0.230 e. The van der Waals surface area contributed by atoms with Crippen LogP contribution in [-0.2, 0) is 0 Å². The van der Waals surface area contributed by atoms with Crippen LogP contribution in [0.15, 0.2) is 46.9 Å². The van der Waals surface area contributed by atoms with Gasteiger partial charge < -0.3 is 14.9 Å². The lowest BCUT2D eigenvalue weighted by atomic mass is 10.1. The number of aryl methyl sites for hydroxylation is 1. The fraction of sp³-hybridized carbons (Fsp3) is 0.118. The Hall–Kier alpha value is -2.75. The number of nitrogens with two attached hydrogens (primary N) is 1. The quantitative estimate of drug-likeness (QED) is 0.589. The first-order valence-corrected chi connectivity index (χ1v) is 6.57. The SMILES string of the molecule is COc1ccc(N)c(C(=O)c2cc3cccc(C)c3o2)c1. The molecule has 21 heavy (non-hydrogen) atoms. The second-order valence-corrected chi connectivity index (χ2v) is 4.89. The average Bonchev–Trinajstić information content (AvgIpc) is 2.93. The van der Waals surface area contributed by atoms with Gasteiger partial charge in [0.05, 0.1) is 12.7 Å². The molecule has 0 aliphatic rings. The van der Waals surface area contributed by atoms with Crippen molar-refractivity contribution in [3.8, 4) is 5.75 Å². The van der Waals surface area contributed by atoms with Crippen molar-refractivity contribution >= 4 is 22.4 Å². The number of methoxy groups -OCH3 is 1. The Balaban J connectivity index is 2.10. The molecule has 4 heteroatoms. The molecular weight excluding hydrogens is 266 g/mol. The molecule has 3 rings (SSSR count). The maximum absolute atomic E-state index is 12.6. The van der Waals surface area contributed by atoms with Gasteiger partial charge in [0.2, 0.25) is 5.78 Å². The van der Waals surface area contributed by atoms with Gasteiger partial charge in [-0.1, -0.05) is 18.2 Å². The summed E-state index contributed by atoms with van der Waals surface area (Å²) in [6.07, 6.45) is 0. The summed E-state index contributed by atoms with van der Waals surface area (Å²) < 4.78 is 10.8. The van der Waals surface area contributed by atoms with Gasteiger partial charge in [-0.25, -0.2) is 0 Å². The highest BCUT2D eigenvalue weighted by atomic mass is 16.5. The summed E-state index contributed by atoms with van der Waals surface area (Å²) in [5.74, 6) is 0.612. The zero-order chi connectivity index (χ0) is 15.0. The molecule has 0 bridgehead atoms. The van der Waals surface area contributed by atoms with Crippen molar-refractivity contribution in [1.29, 1.82) is 0 Å². The van der Waals surface area contributed by atoms with Crippen molar-refractivity contribution in [1.82, 2.24) is 0 Å². The van der Waals surface area contributed by atoms with Crippen molar-refractivity contribution in [2.24, 2.45) is 0 Å². The predicted octanol–water partition coefficient (Wildman–Crippen LogP) is 3.56. The van der Waals surface area contributed by atoms with Crippen LogP contribution in [0.4, 0.5) is 5.69 Å². The van der Waals surface area contributed by atoms with E-state index in [4.69, 9.17) is 14.9 Å². The summed E-state index contributed by atoms with van der Waals surface area (Å²) >= 11 is 0. The molecule has 106 valence electrons. The van der Waals surface area contributed by atoms with Crippen LogP contribution in [0, 0.1) is 6.92 Å². The third kappa shape index (κ3) is 2.25. The molecule has 0 fully saturated rings. The maximum Gasteiger partial charge on any atom is 0.230 e. The van der Waals surface area contributed by atoms with E-state index in [1.54, 1.807) is 31.4 Å². The lowest BCUT2D eigenvalue weighted by Crippen LogP contribution is -2.04.